The van der Waals surface area contributed by atoms with Crippen LogP contribution in [0.25, 0.3) is 6.08 Å². The van der Waals surface area contributed by atoms with E-state index < -0.39 is 7.12 Å². The monoisotopic (exact) mass is 279 g/mol. The number of carbonyl (C=O) groups excluding carboxylic acids is 1. The number of hydrogen-bond acceptors (Lipinski definition) is 3. The van der Waals surface area contributed by atoms with E-state index in [1.165, 1.54) is 6.08 Å². The molecule has 0 fully saturated rings. The van der Waals surface area contributed by atoms with Crippen molar-refractivity contribution >= 4 is 30.3 Å². The Morgan fingerprint density at radius 1 is 1.19 bits per heavy atom. The molecule has 1 heterocycles. The molecule has 0 unspecified atom stereocenters. The molecule has 2 N–H and O–H groups in total. The molecule has 0 saturated carbocycles. The van der Waals surface area contributed by atoms with Gasteiger partial charge >= 0.3 is 7.12 Å². The lowest BCUT2D eigenvalue weighted by Gasteiger charge is -2.04. The van der Waals surface area contributed by atoms with Crippen molar-refractivity contribution in [2.24, 2.45) is 0 Å². The number of hydrogen-bond donors (Lipinski definition) is 2. The van der Waals surface area contributed by atoms with E-state index in [1.54, 1.807) is 6.08 Å². The van der Waals surface area contributed by atoms with Crippen LogP contribution < -0.4 is 10.8 Å². The summed E-state index contributed by atoms with van der Waals surface area (Å²) in [6, 6.07) is 14.9. The molecule has 2 aromatic rings. The molecule has 3 rings (SSSR count). The fraction of sp³-hybridized carbons (Fsp3) is 0.0625. The van der Waals surface area contributed by atoms with E-state index in [1.807, 2.05) is 48.5 Å². The van der Waals surface area contributed by atoms with Crippen LogP contribution in [0.15, 0.2) is 54.6 Å². The molecule has 0 spiro atoms. The smallest absolute Gasteiger partial charge is 0.423 e. The fourth-order valence-electron chi connectivity index (χ4n) is 2.33. The van der Waals surface area contributed by atoms with Crippen molar-refractivity contribution in [1.82, 2.24) is 0 Å². The molecule has 1 aliphatic heterocycles. The number of nitrogens with one attached hydrogen (secondary N) is 1. The highest BCUT2D eigenvalue weighted by atomic mass is 16.5. The SMILES string of the molecule is O=C(/C=C/c1cccc2c1B(O)OC2)Nc1ccccc1. The quantitative estimate of drug-likeness (QED) is 0.662. The molecule has 0 saturated heterocycles. The Hall–Kier alpha value is -2.37. The lowest BCUT2D eigenvalue weighted by Crippen LogP contribution is -2.30. The molecule has 21 heavy (non-hydrogen) atoms. The minimum atomic E-state index is -0.918. The molecule has 0 radical (unpaired) electrons. The molecule has 0 aliphatic carbocycles. The Labute approximate surface area is 123 Å². The molecule has 0 aromatic heterocycles. The van der Waals surface area contributed by atoms with E-state index in [0.717, 1.165) is 22.3 Å². The summed E-state index contributed by atoms with van der Waals surface area (Å²) in [6.45, 7) is 0.397. The molecule has 104 valence electrons. The summed E-state index contributed by atoms with van der Waals surface area (Å²) in [4.78, 5) is 11.9. The summed E-state index contributed by atoms with van der Waals surface area (Å²) in [7, 11) is -0.918. The maximum atomic E-state index is 11.9. The Morgan fingerprint density at radius 2 is 2.00 bits per heavy atom. The van der Waals surface area contributed by atoms with Gasteiger partial charge in [-0.2, -0.15) is 0 Å². The van der Waals surface area contributed by atoms with E-state index in [2.05, 4.69) is 5.32 Å². The lowest BCUT2D eigenvalue weighted by molar-refractivity contribution is -0.111. The second-order valence-corrected chi connectivity index (χ2v) is 4.77. The number of anilines is 1. The van der Waals surface area contributed by atoms with Crippen molar-refractivity contribution in [3.8, 4) is 0 Å². The summed E-state index contributed by atoms with van der Waals surface area (Å²) >= 11 is 0. The third-order valence-electron chi connectivity index (χ3n) is 3.33. The van der Waals surface area contributed by atoms with Gasteiger partial charge in [0.1, 0.15) is 0 Å². The van der Waals surface area contributed by atoms with Gasteiger partial charge in [0, 0.05) is 11.8 Å². The second kappa shape index (κ2) is 5.95. The van der Waals surface area contributed by atoms with Crippen LogP contribution >= 0.6 is 0 Å². The van der Waals surface area contributed by atoms with E-state index >= 15 is 0 Å². The Kier molecular flexibility index (Phi) is 3.86. The summed E-state index contributed by atoms with van der Waals surface area (Å²) in [5.74, 6) is -0.216. The van der Waals surface area contributed by atoms with E-state index in [4.69, 9.17) is 4.65 Å². The Bertz CT molecular complexity index is 685. The van der Waals surface area contributed by atoms with Gasteiger partial charge in [-0.1, -0.05) is 36.4 Å². The van der Waals surface area contributed by atoms with Gasteiger partial charge in [0.05, 0.1) is 6.61 Å². The van der Waals surface area contributed by atoms with Gasteiger partial charge in [-0.15, -0.1) is 0 Å². The Morgan fingerprint density at radius 3 is 2.81 bits per heavy atom. The van der Waals surface area contributed by atoms with Crippen molar-refractivity contribution < 1.29 is 14.5 Å². The van der Waals surface area contributed by atoms with Gasteiger partial charge in [0.2, 0.25) is 5.91 Å². The first-order valence-electron chi connectivity index (χ1n) is 6.69. The molecule has 1 amide bonds. The van der Waals surface area contributed by atoms with Crippen LogP contribution in [-0.4, -0.2) is 18.0 Å². The number of para-hydroxylation sites is 1. The van der Waals surface area contributed by atoms with Crippen LogP contribution in [0.3, 0.4) is 0 Å². The van der Waals surface area contributed by atoms with Crippen molar-refractivity contribution in [3.05, 3.63) is 65.7 Å². The van der Waals surface area contributed by atoms with Gasteiger partial charge in [0.25, 0.3) is 0 Å². The van der Waals surface area contributed by atoms with Crippen molar-refractivity contribution in [2.45, 2.75) is 6.61 Å². The first kappa shape index (κ1) is 13.6. The molecule has 0 atom stereocenters. The van der Waals surface area contributed by atoms with Crippen LogP contribution in [0.1, 0.15) is 11.1 Å². The predicted octanol–water partition coefficient (Wildman–Crippen LogP) is 1.56. The molecule has 5 heteroatoms. The second-order valence-electron chi connectivity index (χ2n) is 4.77. The molecular formula is C16H14BNO3. The fourth-order valence-corrected chi connectivity index (χ4v) is 2.33. The highest BCUT2D eigenvalue weighted by Crippen LogP contribution is 2.14. The van der Waals surface area contributed by atoms with Crippen LogP contribution in [0, 0.1) is 0 Å². The average molecular weight is 279 g/mol. The van der Waals surface area contributed by atoms with Crippen molar-refractivity contribution in [2.75, 3.05) is 5.32 Å². The zero-order chi connectivity index (χ0) is 14.7. The first-order chi connectivity index (χ1) is 10.2. The normalized spacial score (nSPS) is 13.5. The largest absolute Gasteiger partial charge is 0.492 e. The van der Waals surface area contributed by atoms with Crippen molar-refractivity contribution in [3.63, 3.8) is 0 Å². The molecule has 1 aliphatic rings. The maximum absolute atomic E-state index is 11.9. The van der Waals surface area contributed by atoms with Crippen LogP contribution in [0.2, 0.25) is 0 Å². The topological polar surface area (TPSA) is 58.6 Å². The number of benzene rings is 2. The van der Waals surface area contributed by atoms with Crippen molar-refractivity contribution in [1.29, 1.82) is 0 Å². The molecular weight excluding hydrogens is 265 g/mol. The number of fused-ring (bicyclic) bond motifs is 1. The molecule has 2 aromatic carbocycles. The summed E-state index contributed by atoms with van der Waals surface area (Å²) in [5, 5.41) is 12.6. The minimum absolute atomic E-state index is 0.216. The zero-order valence-corrected chi connectivity index (χ0v) is 11.3. The average Bonchev–Trinajstić information content (AvgIpc) is 2.88. The van der Waals surface area contributed by atoms with E-state index in [9.17, 15) is 9.82 Å². The van der Waals surface area contributed by atoms with E-state index in [0.29, 0.717) is 6.61 Å². The Balaban J connectivity index is 1.75. The summed E-state index contributed by atoms with van der Waals surface area (Å²) < 4.78 is 5.19. The number of carbonyl (C=O) groups is 1. The third-order valence-corrected chi connectivity index (χ3v) is 3.33. The lowest BCUT2D eigenvalue weighted by atomic mass is 9.76. The minimum Gasteiger partial charge on any atom is -0.423 e. The zero-order valence-electron chi connectivity index (χ0n) is 11.3. The number of rotatable bonds is 3. The summed E-state index contributed by atoms with van der Waals surface area (Å²) in [5.41, 5.74) is 3.23. The van der Waals surface area contributed by atoms with Gasteiger partial charge in [-0.25, -0.2) is 0 Å². The standard InChI is InChI=1S/C16H14BNO3/c19-15(18-14-7-2-1-3-8-14)10-9-12-5-4-6-13-11-21-17(20)16(12)13/h1-10,20H,11H2,(H,18,19)/b10-9+. The van der Waals surface area contributed by atoms with Crippen LogP contribution in [0.4, 0.5) is 5.69 Å². The first-order valence-corrected chi connectivity index (χ1v) is 6.69. The van der Waals surface area contributed by atoms with Gasteiger partial charge in [0.15, 0.2) is 0 Å². The maximum Gasteiger partial charge on any atom is 0.492 e. The summed E-state index contributed by atoms with van der Waals surface area (Å²) in [6.07, 6.45) is 3.14. The number of amides is 1. The molecule has 0 bridgehead atoms. The highest BCUT2D eigenvalue weighted by Gasteiger charge is 2.28. The van der Waals surface area contributed by atoms with Crippen LogP contribution in [0.5, 0.6) is 0 Å². The molecule has 4 nitrogen and oxygen atoms in total. The van der Waals surface area contributed by atoms with Gasteiger partial charge in [-0.05, 0) is 34.8 Å². The van der Waals surface area contributed by atoms with Gasteiger partial charge < -0.3 is 15.0 Å². The predicted molar refractivity (Wildman–Crippen MR) is 82.9 cm³/mol. The van der Waals surface area contributed by atoms with E-state index in [-0.39, 0.29) is 5.91 Å². The third kappa shape index (κ3) is 3.04. The van der Waals surface area contributed by atoms with Gasteiger partial charge in [-0.3, -0.25) is 4.79 Å². The highest BCUT2D eigenvalue weighted by molar-refractivity contribution is 6.62. The van der Waals surface area contributed by atoms with Crippen LogP contribution in [-0.2, 0) is 16.1 Å².